The molecule has 1 aromatic heterocycles. The van der Waals surface area contributed by atoms with Crippen molar-refractivity contribution in [3.8, 4) is 0 Å². The summed E-state index contributed by atoms with van der Waals surface area (Å²) in [6.45, 7) is 0. The maximum absolute atomic E-state index is 13.2. The quantitative estimate of drug-likeness (QED) is 0.674. The Balaban J connectivity index is 1.76. The van der Waals surface area contributed by atoms with Crippen LogP contribution in [-0.4, -0.2) is 19.3 Å². The molecule has 2 aromatic carbocycles. The number of hydrogen-bond acceptors (Lipinski definition) is 3. The fourth-order valence-corrected chi connectivity index (χ4v) is 3.00. The third-order valence-corrected chi connectivity index (χ3v) is 4.14. The summed E-state index contributed by atoms with van der Waals surface area (Å²) in [5.74, 6) is -1.03. The van der Waals surface area contributed by atoms with E-state index in [0.29, 0.717) is 27.8 Å². The van der Waals surface area contributed by atoms with E-state index < -0.39 is 10.0 Å². The molecule has 0 spiro atoms. The number of hydrogen-bond donors (Lipinski definition) is 3. The molecule has 0 aliphatic carbocycles. The number of rotatable bonds is 4. The van der Waals surface area contributed by atoms with Crippen LogP contribution in [0.15, 0.2) is 48.5 Å². The van der Waals surface area contributed by atoms with Crippen LogP contribution in [0.5, 0.6) is 0 Å². The van der Waals surface area contributed by atoms with Gasteiger partial charge in [-0.25, -0.2) is 17.9 Å². The molecule has 0 saturated carbocycles. The largest absolute Gasteiger partial charge is 0.351 e. The van der Waals surface area contributed by atoms with Gasteiger partial charge in [0.25, 0.3) is 5.91 Å². The Kier molecular flexibility index (Phi) is 4.08. The number of carbonyl (C=O) groups is 1. The number of sulfonamides is 1. The summed E-state index contributed by atoms with van der Waals surface area (Å²) in [7, 11) is -3.60. The number of aromatic nitrogens is 1. The molecule has 0 aliphatic rings. The Labute approximate surface area is 137 Å². The smallest absolute Gasteiger partial charge is 0.272 e. The third-order valence-electron chi connectivity index (χ3n) is 3.41. The average molecular weight is 347 g/mol. The standard InChI is InChI=1S/C16H14FN3O3S/c17-12-3-6-14-11(7-12)8-15(20-14)16(21)19-13-4-1-10(2-5-13)9-24(18,22)23/h1-8,20H,9H2,(H,19,21)(H2,18,22,23). The van der Waals surface area contributed by atoms with E-state index in [1.807, 2.05) is 0 Å². The highest BCUT2D eigenvalue weighted by molar-refractivity contribution is 7.88. The minimum Gasteiger partial charge on any atom is -0.351 e. The zero-order chi connectivity index (χ0) is 17.3. The van der Waals surface area contributed by atoms with Gasteiger partial charge in [-0.3, -0.25) is 4.79 Å². The molecule has 4 N–H and O–H groups in total. The molecule has 0 radical (unpaired) electrons. The van der Waals surface area contributed by atoms with Gasteiger partial charge in [-0.1, -0.05) is 12.1 Å². The van der Waals surface area contributed by atoms with E-state index in [1.165, 1.54) is 12.1 Å². The molecule has 6 nitrogen and oxygen atoms in total. The summed E-state index contributed by atoms with van der Waals surface area (Å²) in [4.78, 5) is 15.1. The van der Waals surface area contributed by atoms with Gasteiger partial charge in [0, 0.05) is 16.6 Å². The molecule has 3 aromatic rings. The van der Waals surface area contributed by atoms with Gasteiger partial charge in [0.15, 0.2) is 0 Å². The number of nitrogens with one attached hydrogen (secondary N) is 2. The second kappa shape index (κ2) is 6.06. The Morgan fingerprint density at radius 3 is 2.50 bits per heavy atom. The first-order valence-corrected chi connectivity index (χ1v) is 8.71. The highest BCUT2D eigenvalue weighted by atomic mass is 32.2. The average Bonchev–Trinajstić information content (AvgIpc) is 2.91. The molecule has 0 saturated heterocycles. The van der Waals surface area contributed by atoms with E-state index >= 15 is 0 Å². The number of nitrogens with two attached hydrogens (primary N) is 1. The van der Waals surface area contributed by atoms with Gasteiger partial charge in [0.05, 0.1) is 5.75 Å². The Morgan fingerprint density at radius 1 is 1.12 bits per heavy atom. The van der Waals surface area contributed by atoms with Crippen LogP contribution in [0, 0.1) is 5.82 Å². The minimum atomic E-state index is -3.60. The monoisotopic (exact) mass is 347 g/mol. The van der Waals surface area contributed by atoms with Gasteiger partial charge < -0.3 is 10.3 Å². The van der Waals surface area contributed by atoms with Crippen molar-refractivity contribution in [2.24, 2.45) is 5.14 Å². The fourth-order valence-electron chi connectivity index (χ4n) is 2.34. The molecule has 8 heteroatoms. The van der Waals surface area contributed by atoms with Crippen LogP contribution in [0.3, 0.4) is 0 Å². The van der Waals surface area contributed by atoms with Crippen LogP contribution < -0.4 is 10.5 Å². The van der Waals surface area contributed by atoms with E-state index in [1.54, 1.807) is 36.4 Å². The number of H-pyrrole nitrogens is 1. The van der Waals surface area contributed by atoms with Crippen molar-refractivity contribution < 1.29 is 17.6 Å². The van der Waals surface area contributed by atoms with Crippen molar-refractivity contribution in [3.05, 3.63) is 65.6 Å². The molecular weight excluding hydrogens is 333 g/mol. The lowest BCUT2D eigenvalue weighted by Gasteiger charge is -2.05. The van der Waals surface area contributed by atoms with Crippen LogP contribution in [0.4, 0.5) is 10.1 Å². The Bertz CT molecular complexity index is 1010. The van der Waals surface area contributed by atoms with Crippen LogP contribution >= 0.6 is 0 Å². The predicted octanol–water partition coefficient (Wildman–Crippen LogP) is 2.35. The van der Waals surface area contributed by atoms with Crippen LogP contribution in [0.2, 0.25) is 0 Å². The summed E-state index contributed by atoms with van der Waals surface area (Å²) in [5.41, 5.74) is 1.98. The second-order valence-corrected chi connectivity index (χ2v) is 6.99. The molecular formula is C16H14FN3O3S. The van der Waals surface area contributed by atoms with Crippen LogP contribution in [-0.2, 0) is 15.8 Å². The van der Waals surface area contributed by atoms with Crippen molar-refractivity contribution in [1.82, 2.24) is 4.98 Å². The van der Waals surface area contributed by atoms with Gasteiger partial charge in [-0.05, 0) is 42.0 Å². The number of halogens is 1. The Morgan fingerprint density at radius 2 is 1.83 bits per heavy atom. The molecule has 0 fully saturated rings. The van der Waals surface area contributed by atoms with Crippen molar-refractivity contribution in [3.63, 3.8) is 0 Å². The third kappa shape index (κ3) is 3.79. The number of anilines is 1. The van der Waals surface area contributed by atoms with Crippen molar-refractivity contribution in [1.29, 1.82) is 0 Å². The van der Waals surface area contributed by atoms with E-state index in [2.05, 4.69) is 10.3 Å². The van der Waals surface area contributed by atoms with E-state index in [-0.39, 0.29) is 17.5 Å². The summed E-state index contributed by atoms with van der Waals surface area (Å²) >= 11 is 0. The molecule has 0 aliphatic heterocycles. The summed E-state index contributed by atoms with van der Waals surface area (Å²) in [6, 6.07) is 12.1. The Hall–Kier alpha value is -2.71. The molecule has 24 heavy (non-hydrogen) atoms. The maximum Gasteiger partial charge on any atom is 0.272 e. The summed E-state index contributed by atoms with van der Waals surface area (Å²) < 4.78 is 35.3. The van der Waals surface area contributed by atoms with Crippen molar-refractivity contribution >= 4 is 32.5 Å². The van der Waals surface area contributed by atoms with Gasteiger partial charge in [0.1, 0.15) is 11.5 Å². The van der Waals surface area contributed by atoms with E-state index in [0.717, 1.165) is 0 Å². The van der Waals surface area contributed by atoms with E-state index in [4.69, 9.17) is 5.14 Å². The van der Waals surface area contributed by atoms with Crippen LogP contribution in [0.1, 0.15) is 16.1 Å². The minimum absolute atomic E-state index is 0.269. The summed E-state index contributed by atoms with van der Waals surface area (Å²) in [6.07, 6.45) is 0. The van der Waals surface area contributed by atoms with E-state index in [9.17, 15) is 17.6 Å². The molecule has 1 amide bonds. The molecule has 124 valence electrons. The van der Waals surface area contributed by atoms with Crippen molar-refractivity contribution in [2.75, 3.05) is 5.32 Å². The lowest BCUT2D eigenvalue weighted by atomic mass is 10.2. The molecule has 1 heterocycles. The maximum atomic E-state index is 13.2. The predicted molar refractivity (Wildman–Crippen MR) is 89.5 cm³/mol. The lowest BCUT2D eigenvalue weighted by Crippen LogP contribution is -2.15. The second-order valence-electron chi connectivity index (χ2n) is 5.37. The normalized spacial score (nSPS) is 11.6. The van der Waals surface area contributed by atoms with Gasteiger partial charge in [-0.2, -0.15) is 0 Å². The number of aromatic amines is 1. The fraction of sp³-hybridized carbons (Fsp3) is 0.0625. The first kappa shape index (κ1) is 16.2. The number of amides is 1. The molecule has 3 rings (SSSR count). The van der Waals surface area contributed by atoms with Crippen LogP contribution in [0.25, 0.3) is 10.9 Å². The molecule has 0 bridgehead atoms. The number of fused-ring (bicyclic) bond motifs is 1. The lowest BCUT2D eigenvalue weighted by molar-refractivity contribution is 0.102. The summed E-state index contributed by atoms with van der Waals surface area (Å²) in [5, 5.41) is 8.26. The first-order valence-electron chi connectivity index (χ1n) is 6.99. The number of primary sulfonamides is 1. The number of benzene rings is 2. The zero-order valence-electron chi connectivity index (χ0n) is 12.4. The van der Waals surface area contributed by atoms with Gasteiger partial charge in [0.2, 0.25) is 10.0 Å². The number of carbonyl (C=O) groups excluding carboxylic acids is 1. The van der Waals surface area contributed by atoms with Gasteiger partial charge in [-0.15, -0.1) is 0 Å². The molecule has 0 atom stereocenters. The molecule has 0 unspecified atom stereocenters. The highest BCUT2D eigenvalue weighted by Gasteiger charge is 2.11. The van der Waals surface area contributed by atoms with Crippen molar-refractivity contribution in [2.45, 2.75) is 5.75 Å². The first-order chi connectivity index (χ1) is 11.3. The van der Waals surface area contributed by atoms with Gasteiger partial charge >= 0.3 is 0 Å². The highest BCUT2D eigenvalue weighted by Crippen LogP contribution is 2.18. The SMILES string of the molecule is NS(=O)(=O)Cc1ccc(NC(=O)c2cc3cc(F)ccc3[nH]2)cc1. The zero-order valence-corrected chi connectivity index (χ0v) is 13.2. The topological polar surface area (TPSA) is 105 Å².